The van der Waals surface area contributed by atoms with Crippen LogP contribution in [0, 0.1) is 5.92 Å². The minimum atomic E-state index is -0.560. The molecule has 1 N–H and O–H groups in total. The molecule has 0 bridgehead atoms. The van der Waals surface area contributed by atoms with Gasteiger partial charge in [0.2, 0.25) is 0 Å². The van der Waals surface area contributed by atoms with Gasteiger partial charge >= 0.3 is 5.97 Å². The molecule has 1 rings (SSSR count). The van der Waals surface area contributed by atoms with Crippen LogP contribution in [0.3, 0.4) is 0 Å². The van der Waals surface area contributed by atoms with E-state index in [4.69, 9.17) is 16.3 Å². The molecule has 0 aromatic carbocycles. The Hall–Kier alpha value is -1.56. The molecule has 6 nitrogen and oxygen atoms in total. The van der Waals surface area contributed by atoms with Gasteiger partial charge < -0.3 is 10.1 Å². The Bertz CT molecular complexity index is 543. The summed E-state index contributed by atoms with van der Waals surface area (Å²) < 4.78 is 6.08. The molecular formula is C14H22ClN3O3. The van der Waals surface area contributed by atoms with E-state index in [9.17, 15) is 9.59 Å². The van der Waals surface area contributed by atoms with Gasteiger partial charge in [0.1, 0.15) is 11.1 Å². The molecule has 1 heterocycles. The zero-order chi connectivity index (χ0) is 16.0. The van der Waals surface area contributed by atoms with Gasteiger partial charge in [0, 0.05) is 6.54 Å². The van der Waals surface area contributed by atoms with E-state index in [2.05, 4.69) is 10.4 Å². The summed E-state index contributed by atoms with van der Waals surface area (Å²) in [7, 11) is 1.33. The summed E-state index contributed by atoms with van der Waals surface area (Å²) in [5.74, 6) is -0.105. The van der Waals surface area contributed by atoms with E-state index >= 15 is 0 Å². The van der Waals surface area contributed by atoms with Gasteiger partial charge in [-0.05, 0) is 18.8 Å². The molecule has 0 fully saturated rings. The average molecular weight is 316 g/mol. The molecule has 0 aliphatic rings. The summed E-state index contributed by atoms with van der Waals surface area (Å²) >= 11 is 6.07. The second-order valence-corrected chi connectivity index (χ2v) is 5.63. The molecular weight excluding hydrogens is 294 g/mol. The highest BCUT2D eigenvalue weighted by Gasteiger charge is 2.22. The molecule has 0 saturated carbocycles. The van der Waals surface area contributed by atoms with Gasteiger partial charge in [-0.15, -0.1) is 0 Å². The van der Waals surface area contributed by atoms with E-state index in [-0.39, 0.29) is 16.5 Å². The van der Waals surface area contributed by atoms with E-state index in [1.807, 2.05) is 20.8 Å². The lowest BCUT2D eigenvalue weighted by Crippen LogP contribution is -2.33. The largest absolute Gasteiger partial charge is 0.467 e. The third-order valence-corrected chi connectivity index (χ3v) is 3.31. The van der Waals surface area contributed by atoms with E-state index in [1.54, 1.807) is 0 Å². The summed E-state index contributed by atoms with van der Waals surface area (Å²) in [5, 5.41) is 7.05. The molecule has 0 saturated heterocycles. The molecule has 0 amide bonds. The van der Waals surface area contributed by atoms with Gasteiger partial charge in [-0.1, -0.05) is 32.4 Å². The smallest absolute Gasteiger partial charge is 0.328 e. The summed E-state index contributed by atoms with van der Waals surface area (Å²) in [6, 6.07) is -0.560. The Kier molecular flexibility index (Phi) is 6.68. The number of anilines is 1. The number of aryl methyl sites for hydroxylation is 1. The number of hydrogen-bond donors (Lipinski definition) is 1. The highest BCUT2D eigenvalue weighted by Crippen LogP contribution is 2.19. The number of esters is 1. The molecule has 0 spiro atoms. The molecule has 1 unspecified atom stereocenters. The molecule has 21 heavy (non-hydrogen) atoms. The van der Waals surface area contributed by atoms with Crippen molar-refractivity contribution in [3.05, 3.63) is 21.6 Å². The standard InChI is InChI=1S/C14H22ClN3O3/c1-5-6-18-13(19)12(15)11(8-16-18)17-10(7-9(2)3)14(20)21-4/h8-10,17H,5-7H2,1-4H3. The third kappa shape index (κ3) is 4.74. The number of methoxy groups -OCH3 is 1. The second kappa shape index (κ2) is 8.02. The highest BCUT2D eigenvalue weighted by molar-refractivity contribution is 6.33. The molecule has 7 heteroatoms. The number of carbonyl (C=O) groups is 1. The van der Waals surface area contributed by atoms with Crippen molar-refractivity contribution in [2.24, 2.45) is 5.92 Å². The zero-order valence-corrected chi connectivity index (χ0v) is 13.6. The van der Waals surface area contributed by atoms with E-state index < -0.39 is 12.0 Å². The van der Waals surface area contributed by atoms with Gasteiger partial charge in [0.15, 0.2) is 0 Å². The third-order valence-electron chi connectivity index (χ3n) is 2.94. The Labute approximate surface area is 129 Å². The zero-order valence-electron chi connectivity index (χ0n) is 12.9. The van der Waals surface area contributed by atoms with Crippen LogP contribution in [0.4, 0.5) is 5.69 Å². The van der Waals surface area contributed by atoms with E-state index in [1.165, 1.54) is 18.0 Å². The lowest BCUT2D eigenvalue weighted by Gasteiger charge is -2.20. The van der Waals surface area contributed by atoms with Crippen LogP contribution in [0.1, 0.15) is 33.6 Å². The number of aromatic nitrogens is 2. The number of rotatable bonds is 7. The number of ether oxygens (including phenoxy) is 1. The maximum absolute atomic E-state index is 12.0. The fourth-order valence-electron chi connectivity index (χ4n) is 1.95. The lowest BCUT2D eigenvalue weighted by molar-refractivity contribution is -0.141. The van der Waals surface area contributed by atoms with Crippen molar-refractivity contribution in [2.75, 3.05) is 12.4 Å². The summed E-state index contributed by atoms with van der Waals surface area (Å²) in [4.78, 5) is 23.8. The Balaban J connectivity index is 3.01. The van der Waals surface area contributed by atoms with Crippen LogP contribution in [0.15, 0.2) is 11.0 Å². The topological polar surface area (TPSA) is 73.2 Å². The maximum Gasteiger partial charge on any atom is 0.328 e. The van der Waals surface area contributed by atoms with Gasteiger partial charge in [0.05, 0.1) is 19.0 Å². The monoisotopic (exact) mass is 315 g/mol. The number of halogens is 1. The van der Waals surface area contributed by atoms with Gasteiger partial charge in [0.25, 0.3) is 5.56 Å². The average Bonchev–Trinajstić information content (AvgIpc) is 2.44. The molecule has 1 aromatic rings. The van der Waals surface area contributed by atoms with Gasteiger partial charge in [-0.2, -0.15) is 5.10 Å². The molecule has 118 valence electrons. The maximum atomic E-state index is 12.0. The first-order chi connectivity index (χ1) is 9.90. The van der Waals surface area contributed by atoms with E-state index in [0.29, 0.717) is 18.7 Å². The summed E-state index contributed by atoms with van der Waals surface area (Å²) in [6.07, 6.45) is 2.82. The van der Waals surface area contributed by atoms with Crippen LogP contribution < -0.4 is 10.9 Å². The van der Waals surface area contributed by atoms with E-state index in [0.717, 1.165) is 6.42 Å². The Morgan fingerprint density at radius 2 is 2.19 bits per heavy atom. The van der Waals surface area contributed by atoms with Crippen molar-refractivity contribution in [1.82, 2.24) is 9.78 Å². The van der Waals surface area contributed by atoms with Crippen LogP contribution in [0.25, 0.3) is 0 Å². The van der Waals surface area contributed by atoms with Crippen LogP contribution in [-0.2, 0) is 16.1 Å². The van der Waals surface area contributed by atoms with Crippen molar-refractivity contribution in [3.8, 4) is 0 Å². The second-order valence-electron chi connectivity index (χ2n) is 5.25. The number of nitrogens with zero attached hydrogens (tertiary/aromatic N) is 2. The predicted octanol–water partition coefficient (Wildman–Crippen LogP) is 2.31. The lowest BCUT2D eigenvalue weighted by atomic mass is 10.0. The normalized spacial score (nSPS) is 12.3. The summed E-state index contributed by atoms with van der Waals surface area (Å²) in [6.45, 7) is 6.45. The number of carbonyl (C=O) groups excluding carboxylic acids is 1. The summed E-state index contributed by atoms with van der Waals surface area (Å²) in [5.41, 5.74) is -0.0123. The minimum Gasteiger partial charge on any atom is -0.467 e. The highest BCUT2D eigenvalue weighted by atomic mass is 35.5. The van der Waals surface area contributed by atoms with Crippen molar-refractivity contribution < 1.29 is 9.53 Å². The van der Waals surface area contributed by atoms with Crippen molar-refractivity contribution >= 4 is 23.3 Å². The van der Waals surface area contributed by atoms with Crippen LogP contribution in [-0.4, -0.2) is 28.9 Å². The predicted molar refractivity (Wildman–Crippen MR) is 82.7 cm³/mol. The van der Waals surface area contributed by atoms with Gasteiger partial charge in [-0.25, -0.2) is 9.48 Å². The molecule has 0 aliphatic heterocycles. The van der Waals surface area contributed by atoms with Crippen LogP contribution in [0.5, 0.6) is 0 Å². The quantitative estimate of drug-likeness (QED) is 0.782. The molecule has 1 atom stereocenters. The number of nitrogens with one attached hydrogen (secondary N) is 1. The first-order valence-electron chi connectivity index (χ1n) is 7.00. The minimum absolute atomic E-state index is 0.0381. The van der Waals surface area contributed by atoms with Crippen LogP contribution >= 0.6 is 11.6 Å². The number of hydrogen-bond acceptors (Lipinski definition) is 5. The Morgan fingerprint density at radius 3 is 2.71 bits per heavy atom. The first-order valence-corrected chi connectivity index (χ1v) is 7.38. The van der Waals surface area contributed by atoms with Crippen molar-refractivity contribution in [2.45, 2.75) is 46.2 Å². The first kappa shape index (κ1) is 17.5. The Morgan fingerprint density at radius 1 is 1.52 bits per heavy atom. The van der Waals surface area contributed by atoms with Crippen molar-refractivity contribution in [1.29, 1.82) is 0 Å². The van der Waals surface area contributed by atoms with Gasteiger partial charge in [-0.3, -0.25) is 4.79 Å². The molecule has 0 aliphatic carbocycles. The SMILES string of the molecule is CCCn1ncc(NC(CC(C)C)C(=O)OC)c(Cl)c1=O. The molecule has 0 radical (unpaired) electrons. The molecule has 1 aromatic heterocycles. The fourth-order valence-corrected chi connectivity index (χ4v) is 2.15. The van der Waals surface area contributed by atoms with Crippen molar-refractivity contribution in [3.63, 3.8) is 0 Å². The fraction of sp³-hybridized carbons (Fsp3) is 0.643. The van der Waals surface area contributed by atoms with Crippen LogP contribution in [0.2, 0.25) is 5.02 Å².